The zero-order valence-corrected chi connectivity index (χ0v) is 7.22. The van der Waals surface area contributed by atoms with Gasteiger partial charge in [-0.05, 0) is 6.42 Å². The van der Waals surface area contributed by atoms with E-state index in [1.54, 1.807) is 0 Å². The van der Waals surface area contributed by atoms with Crippen LogP contribution in [0.2, 0.25) is 0 Å². The van der Waals surface area contributed by atoms with Crippen LogP contribution in [0.25, 0.3) is 0 Å². The van der Waals surface area contributed by atoms with Crippen molar-refractivity contribution in [1.29, 1.82) is 0 Å². The quantitative estimate of drug-likeness (QED) is 0.662. The van der Waals surface area contributed by atoms with Crippen molar-refractivity contribution < 1.29 is 13.6 Å². The van der Waals surface area contributed by atoms with Gasteiger partial charge in [0.2, 0.25) is 5.92 Å². The minimum Gasteiger partial charge on any atom is -0.336 e. The van der Waals surface area contributed by atoms with E-state index in [4.69, 9.17) is 0 Å². The number of amides is 2. The molecule has 1 N–H and O–H groups in total. The number of hydrogen-bond donors (Lipinski definition) is 1. The van der Waals surface area contributed by atoms with E-state index < -0.39 is 5.92 Å². The van der Waals surface area contributed by atoms with E-state index in [-0.39, 0.29) is 24.9 Å². The summed E-state index contributed by atoms with van der Waals surface area (Å²) in [7, 11) is 0. The first-order valence-corrected chi connectivity index (χ1v) is 4.51. The van der Waals surface area contributed by atoms with Crippen LogP contribution in [0.4, 0.5) is 13.6 Å². The highest BCUT2D eigenvalue weighted by Crippen LogP contribution is 2.37. The molecule has 0 aromatic carbocycles. The van der Waals surface area contributed by atoms with Gasteiger partial charge in [-0.1, -0.05) is 0 Å². The molecule has 1 aliphatic carbocycles. The highest BCUT2D eigenvalue weighted by Gasteiger charge is 2.43. The van der Waals surface area contributed by atoms with Crippen molar-refractivity contribution in [3.63, 3.8) is 0 Å². The summed E-state index contributed by atoms with van der Waals surface area (Å²) in [6.45, 7) is 1.15. The Labute approximate surface area is 75.1 Å². The van der Waals surface area contributed by atoms with Crippen LogP contribution in [0.15, 0.2) is 0 Å². The molecular formula is C8H12F2N2O. The van der Waals surface area contributed by atoms with Crippen molar-refractivity contribution in [3.8, 4) is 0 Å². The second kappa shape index (κ2) is 2.82. The molecule has 74 valence electrons. The monoisotopic (exact) mass is 190 g/mol. The standard InChI is InChI=1S/C8H12F2N2O/c9-8(10)2-1-6(5-8)12-4-3-11-7(12)13/h6H,1-5H2,(H,11,13). The van der Waals surface area contributed by atoms with Gasteiger partial charge in [0.1, 0.15) is 0 Å². The third kappa shape index (κ3) is 1.59. The Morgan fingerprint density at radius 2 is 2.31 bits per heavy atom. The van der Waals surface area contributed by atoms with Gasteiger partial charge in [-0.2, -0.15) is 0 Å². The van der Waals surface area contributed by atoms with Crippen molar-refractivity contribution in [1.82, 2.24) is 10.2 Å². The van der Waals surface area contributed by atoms with Crippen LogP contribution in [-0.4, -0.2) is 36.0 Å². The third-order valence-electron chi connectivity index (χ3n) is 2.71. The van der Waals surface area contributed by atoms with Crippen LogP contribution in [0.3, 0.4) is 0 Å². The van der Waals surface area contributed by atoms with Crippen molar-refractivity contribution in [3.05, 3.63) is 0 Å². The zero-order chi connectivity index (χ0) is 9.47. The number of carbonyl (C=O) groups excluding carboxylic acids is 1. The number of nitrogens with one attached hydrogen (secondary N) is 1. The van der Waals surface area contributed by atoms with Gasteiger partial charge in [0.05, 0.1) is 0 Å². The van der Waals surface area contributed by atoms with E-state index in [0.29, 0.717) is 19.5 Å². The second-order valence-corrected chi connectivity index (χ2v) is 3.68. The number of nitrogens with zero attached hydrogens (tertiary/aromatic N) is 1. The molecule has 2 aliphatic rings. The molecule has 0 spiro atoms. The largest absolute Gasteiger partial charge is 0.336 e. The Bertz CT molecular complexity index is 232. The van der Waals surface area contributed by atoms with E-state index in [1.165, 1.54) is 4.90 Å². The number of carbonyl (C=O) groups is 1. The predicted octanol–water partition coefficient (Wildman–Crippen LogP) is 1.20. The molecule has 1 unspecified atom stereocenters. The summed E-state index contributed by atoms with van der Waals surface area (Å²) in [6.07, 6.45) is 0.183. The number of rotatable bonds is 1. The molecule has 1 aliphatic heterocycles. The van der Waals surface area contributed by atoms with Crippen LogP contribution in [0.5, 0.6) is 0 Å². The topological polar surface area (TPSA) is 32.3 Å². The molecule has 1 heterocycles. The van der Waals surface area contributed by atoms with Crippen molar-refractivity contribution in [2.45, 2.75) is 31.2 Å². The highest BCUT2D eigenvalue weighted by atomic mass is 19.3. The van der Waals surface area contributed by atoms with E-state index in [1.807, 2.05) is 0 Å². The lowest BCUT2D eigenvalue weighted by atomic mass is 10.2. The minimum atomic E-state index is -2.56. The summed E-state index contributed by atoms with van der Waals surface area (Å²) in [5.41, 5.74) is 0. The maximum absolute atomic E-state index is 12.8. The average Bonchev–Trinajstić information content (AvgIpc) is 2.56. The molecule has 5 heteroatoms. The first-order chi connectivity index (χ1) is 6.08. The molecule has 0 bridgehead atoms. The fourth-order valence-corrected chi connectivity index (χ4v) is 2.03. The Morgan fingerprint density at radius 1 is 1.54 bits per heavy atom. The summed E-state index contributed by atoms with van der Waals surface area (Å²) >= 11 is 0. The first-order valence-electron chi connectivity index (χ1n) is 4.51. The van der Waals surface area contributed by atoms with E-state index in [0.717, 1.165) is 0 Å². The van der Waals surface area contributed by atoms with Crippen molar-refractivity contribution in [2.24, 2.45) is 0 Å². The molecule has 2 amide bonds. The van der Waals surface area contributed by atoms with E-state index >= 15 is 0 Å². The van der Waals surface area contributed by atoms with Crippen LogP contribution >= 0.6 is 0 Å². The maximum atomic E-state index is 12.8. The second-order valence-electron chi connectivity index (χ2n) is 3.68. The molecule has 2 rings (SSSR count). The molecule has 0 aromatic heterocycles. The van der Waals surface area contributed by atoms with Gasteiger partial charge in [-0.25, -0.2) is 13.6 Å². The summed E-state index contributed by atoms with van der Waals surface area (Å²) in [6, 6.07) is -0.444. The maximum Gasteiger partial charge on any atom is 0.317 e. The molecule has 0 aromatic rings. The van der Waals surface area contributed by atoms with Crippen LogP contribution in [-0.2, 0) is 0 Å². The Hall–Kier alpha value is -0.870. The molecule has 1 atom stereocenters. The zero-order valence-electron chi connectivity index (χ0n) is 7.22. The lowest BCUT2D eigenvalue weighted by Gasteiger charge is -2.21. The number of hydrogen-bond acceptors (Lipinski definition) is 1. The van der Waals surface area contributed by atoms with Gasteiger partial charge < -0.3 is 10.2 Å². The van der Waals surface area contributed by atoms with Gasteiger partial charge in [-0.3, -0.25) is 0 Å². The van der Waals surface area contributed by atoms with Crippen molar-refractivity contribution >= 4 is 6.03 Å². The molecule has 1 saturated heterocycles. The minimum absolute atomic E-state index is 0.0819. The highest BCUT2D eigenvalue weighted by molar-refractivity contribution is 5.76. The van der Waals surface area contributed by atoms with Gasteiger partial charge >= 0.3 is 6.03 Å². The summed E-state index contributed by atoms with van der Waals surface area (Å²) in [4.78, 5) is 12.7. The van der Waals surface area contributed by atoms with Gasteiger partial charge in [-0.15, -0.1) is 0 Å². The summed E-state index contributed by atoms with van der Waals surface area (Å²) < 4.78 is 25.6. The normalized spacial score (nSPS) is 32.3. The fourth-order valence-electron chi connectivity index (χ4n) is 2.03. The number of alkyl halides is 2. The molecule has 1 saturated carbocycles. The van der Waals surface area contributed by atoms with Gasteiger partial charge in [0.25, 0.3) is 0 Å². The third-order valence-corrected chi connectivity index (χ3v) is 2.71. The van der Waals surface area contributed by atoms with E-state index in [2.05, 4.69) is 5.32 Å². The summed E-state index contributed by atoms with van der Waals surface area (Å²) in [5, 5.41) is 2.62. The molecular weight excluding hydrogens is 178 g/mol. The Kier molecular flexibility index (Phi) is 1.89. The summed E-state index contributed by atoms with van der Waals surface area (Å²) in [5.74, 6) is -2.56. The van der Waals surface area contributed by atoms with Gasteiger partial charge in [0, 0.05) is 32.0 Å². The van der Waals surface area contributed by atoms with Crippen LogP contribution in [0.1, 0.15) is 19.3 Å². The number of urea groups is 1. The fraction of sp³-hybridized carbons (Fsp3) is 0.875. The first kappa shape index (κ1) is 8.72. The SMILES string of the molecule is O=C1NCCN1C1CCC(F)(F)C1. The molecule has 2 fully saturated rings. The van der Waals surface area contributed by atoms with E-state index in [9.17, 15) is 13.6 Å². The smallest absolute Gasteiger partial charge is 0.317 e. The van der Waals surface area contributed by atoms with Crippen LogP contribution < -0.4 is 5.32 Å². The van der Waals surface area contributed by atoms with Crippen molar-refractivity contribution in [2.75, 3.05) is 13.1 Å². The molecule has 3 nitrogen and oxygen atoms in total. The Balaban J connectivity index is 1.99. The lowest BCUT2D eigenvalue weighted by Crippen LogP contribution is -2.37. The Morgan fingerprint density at radius 3 is 2.77 bits per heavy atom. The van der Waals surface area contributed by atoms with Gasteiger partial charge in [0.15, 0.2) is 0 Å². The lowest BCUT2D eigenvalue weighted by molar-refractivity contribution is 0.00364. The number of halogens is 2. The predicted molar refractivity (Wildman–Crippen MR) is 42.7 cm³/mol. The average molecular weight is 190 g/mol. The molecule has 13 heavy (non-hydrogen) atoms. The molecule has 0 radical (unpaired) electrons. The van der Waals surface area contributed by atoms with Crippen LogP contribution in [0, 0.1) is 0 Å².